The molecule has 0 amide bonds. The van der Waals surface area contributed by atoms with E-state index in [2.05, 4.69) is 50.2 Å². The van der Waals surface area contributed by atoms with Crippen LogP contribution in [0.5, 0.6) is 0 Å². The van der Waals surface area contributed by atoms with Crippen LogP contribution in [0.3, 0.4) is 0 Å². The van der Waals surface area contributed by atoms with E-state index in [0.29, 0.717) is 5.92 Å². The molecule has 1 fully saturated rings. The van der Waals surface area contributed by atoms with E-state index in [1.807, 2.05) is 0 Å². The SMILES string of the molecule is Cc1nc2c(c(-c3ccccc3)c1C)CCC2(C#N)CC1CCCCC1. The average Bonchev–Trinajstić information content (AvgIpc) is 3.02. The summed E-state index contributed by atoms with van der Waals surface area (Å²) in [7, 11) is 0. The van der Waals surface area contributed by atoms with Crippen molar-refractivity contribution in [3.63, 3.8) is 0 Å². The van der Waals surface area contributed by atoms with Crippen LogP contribution in [0.1, 0.15) is 67.5 Å². The first-order valence-electron chi connectivity index (χ1n) is 10.1. The van der Waals surface area contributed by atoms with Gasteiger partial charge in [0.15, 0.2) is 0 Å². The van der Waals surface area contributed by atoms with Crippen LogP contribution >= 0.6 is 0 Å². The number of aryl methyl sites for hydroxylation is 1. The quantitative estimate of drug-likeness (QED) is 0.680. The Kier molecular flexibility index (Phi) is 4.57. The zero-order chi connectivity index (χ0) is 18.1. The van der Waals surface area contributed by atoms with E-state index >= 15 is 0 Å². The molecule has 2 aliphatic rings. The molecular formula is C24H28N2. The maximum atomic E-state index is 10.2. The molecule has 0 bridgehead atoms. The summed E-state index contributed by atoms with van der Waals surface area (Å²) in [5.74, 6) is 0.693. The van der Waals surface area contributed by atoms with Crippen LogP contribution in [0.15, 0.2) is 30.3 Å². The Balaban J connectivity index is 1.81. The van der Waals surface area contributed by atoms with E-state index in [-0.39, 0.29) is 5.41 Å². The molecule has 2 aromatic rings. The highest BCUT2D eigenvalue weighted by Gasteiger charge is 2.44. The lowest BCUT2D eigenvalue weighted by Gasteiger charge is -2.30. The Morgan fingerprint density at radius 3 is 2.54 bits per heavy atom. The van der Waals surface area contributed by atoms with Gasteiger partial charge in [-0.25, -0.2) is 0 Å². The molecule has 1 aromatic carbocycles. The molecule has 0 spiro atoms. The maximum Gasteiger partial charge on any atom is 0.100 e. The number of nitrogens with zero attached hydrogens (tertiary/aromatic N) is 2. The van der Waals surface area contributed by atoms with Crippen molar-refractivity contribution in [3.05, 3.63) is 52.8 Å². The summed E-state index contributed by atoms with van der Waals surface area (Å²) < 4.78 is 0. The van der Waals surface area contributed by atoms with Gasteiger partial charge in [0, 0.05) is 5.69 Å². The lowest BCUT2D eigenvalue weighted by Crippen LogP contribution is -2.27. The molecular weight excluding hydrogens is 316 g/mol. The topological polar surface area (TPSA) is 36.7 Å². The molecule has 2 aliphatic carbocycles. The fourth-order valence-electron chi connectivity index (χ4n) is 5.17. The highest BCUT2D eigenvalue weighted by Crippen LogP contribution is 2.48. The maximum absolute atomic E-state index is 10.2. The molecule has 1 saturated carbocycles. The van der Waals surface area contributed by atoms with Gasteiger partial charge < -0.3 is 0 Å². The molecule has 134 valence electrons. The van der Waals surface area contributed by atoms with E-state index in [9.17, 15) is 5.26 Å². The first kappa shape index (κ1) is 17.3. The number of fused-ring (bicyclic) bond motifs is 1. The zero-order valence-electron chi connectivity index (χ0n) is 16.0. The Bertz CT molecular complexity index is 841. The molecule has 0 saturated heterocycles. The van der Waals surface area contributed by atoms with Gasteiger partial charge in [-0.1, -0.05) is 62.4 Å². The molecule has 1 unspecified atom stereocenters. The van der Waals surface area contributed by atoms with Crippen molar-refractivity contribution in [1.29, 1.82) is 5.26 Å². The predicted octanol–water partition coefficient (Wildman–Crippen LogP) is 6.04. The van der Waals surface area contributed by atoms with Crippen molar-refractivity contribution in [1.82, 2.24) is 4.98 Å². The van der Waals surface area contributed by atoms with Gasteiger partial charge >= 0.3 is 0 Å². The fourth-order valence-corrected chi connectivity index (χ4v) is 5.17. The van der Waals surface area contributed by atoms with Gasteiger partial charge in [0.25, 0.3) is 0 Å². The number of aromatic nitrogens is 1. The van der Waals surface area contributed by atoms with Gasteiger partial charge in [0.05, 0.1) is 11.8 Å². The second kappa shape index (κ2) is 6.88. The minimum absolute atomic E-state index is 0.376. The lowest BCUT2D eigenvalue weighted by atomic mass is 9.73. The average molecular weight is 345 g/mol. The third kappa shape index (κ3) is 2.84. The monoisotopic (exact) mass is 344 g/mol. The second-order valence-electron chi connectivity index (χ2n) is 8.29. The molecule has 4 rings (SSSR count). The predicted molar refractivity (Wildman–Crippen MR) is 106 cm³/mol. The summed E-state index contributed by atoms with van der Waals surface area (Å²) in [4.78, 5) is 5.01. The van der Waals surface area contributed by atoms with Crippen molar-refractivity contribution < 1.29 is 0 Å². The van der Waals surface area contributed by atoms with Crippen LogP contribution in [-0.2, 0) is 11.8 Å². The van der Waals surface area contributed by atoms with Gasteiger partial charge in [-0.3, -0.25) is 4.98 Å². The standard InChI is InChI=1S/C24H28N2/c1-17-18(2)26-23-21(22(17)20-11-7-4-8-12-20)13-14-24(23,16-25)15-19-9-5-3-6-10-19/h4,7-8,11-12,19H,3,5-6,9-10,13-15H2,1-2H3. The molecule has 0 radical (unpaired) electrons. The van der Waals surface area contributed by atoms with Gasteiger partial charge in [-0.15, -0.1) is 0 Å². The van der Waals surface area contributed by atoms with Crippen molar-refractivity contribution in [2.75, 3.05) is 0 Å². The van der Waals surface area contributed by atoms with Crippen LogP contribution in [0.25, 0.3) is 11.1 Å². The number of nitriles is 1. The number of hydrogen-bond acceptors (Lipinski definition) is 2. The van der Waals surface area contributed by atoms with E-state index in [0.717, 1.165) is 30.7 Å². The van der Waals surface area contributed by atoms with Crippen LogP contribution in [-0.4, -0.2) is 4.98 Å². The zero-order valence-corrected chi connectivity index (χ0v) is 16.0. The number of hydrogen-bond donors (Lipinski definition) is 0. The van der Waals surface area contributed by atoms with Crippen molar-refractivity contribution in [2.45, 2.75) is 70.6 Å². The minimum atomic E-state index is -0.376. The van der Waals surface area contributed by atoms with Crippen LogP contribution in [0.2, 0.25) is 0 Å². The lowest BCUT2D eigenvalue weighted by molar-refractivity contribution is 0.286. The summed E-state index contributed by atoms with van der Waals surface area (Å²) >= 11 is 0. The molecule has 1 heterocycles. The summed E-state index contributed by atoms with van der Waals surface area (Å²) in [5.41, 5.74) is 6.98. The van der Waals surface area contributed by atoms with Crippen molar-refractivity contribution >= 4 is 0 Å². The molecule has 2 heteroatoms. The molecule has 0 aliphatic heterocycles. The van der Waals surface area contributed by atoms with E-state index in [1.54, 1.807) is 0 Å². The third-order valence-corrected chi connectivity index (χ3v) is 6.68. The molecule has 2 nitrogen and oxygen atoms in total. The number of benzene rings is 1. The fraction of sp³-hybridized carbons (Fsp3) is 0.500. The van der Waals surface area contributed by atoms with Crippen LogP contribution in [0.4, 0.5) is 0 Å². The van der Waals surface area contributed by atoms with Crippen molar-refractivity contribution in [3.8, 4) is 17.2 Å². The first-order valence-corrected chi connectivity index (χ1v) is 10.1. The van der Waals surface area contributed by atoms with E-state index < -0.39 is 0 Å². The minimum Gasteiger partial charge on any atom is -0.256 e. The summed E-state index contributed by atoms with van der Waals surface area (Å²) in [6.45, 7) is 4.28. The van der Waals surface area contributed by atoms with Crippen LogP contribution < -0.4 is 0 Å². The van der Waals surface area contributed by atoms with Gasteiger partial charge in [-0.2, -0.15) is 5.26 Å². The summed E-state index contributed by atoms with van der Waals surface area (Å²) in [5, 5.41) is 10.2. The summed E-state index contributed by atoms with van der Waals surface area (Å²) in [6, 6.07) is 13.4. The Morgan fingerprint density at radius 2 is 1.85 bits per heavy atom. The van der Waals surface area contributed by atoms with Gasteiger partial charge in [-0.05, 0) is 61.3 Å². The Labute approximate surface area is 157 Å². The van der Waals surface area contributed by atoms with Gasteiger partial charge in [0.1, 0.15) is 5.41 Å². The van der Waals surface area contributed by atoms with E-state index in [4.69, 9.17) is 4.98 Å². The molecule has 0 N–H and O–H groups in total. The van der Waals surface area contributed by atoms with Crippen LogP contribution in [0, 0.1) is 31.1 Å². The van der Waals surface area contributed by atoms with E-state index in [1.165, 1.54) is 54.4 Å². The smallest absolute Gasteiger partial charge is 0.100 e. The highest BCUT2D eigenvalue weighted by atomic mass is 14.8. The molecule has 1 aromatic heterocycles. The third-order valence-electron chi connectivity index (χ3n) is 6.68. The molecule has 1 atom stereocenters. The number of rotatable bonds is 3. The van der Waals surface area contributed by atoms with Crippen molar-refractivity contribution in [2.24, 2.45) is 5.92 Å². The normalized spacial score (nSPS) is 22.8. The Hall–Kier alpha value is -2.14. The largest absolute Gasteiger partial charge is 0.256 e. The number of pyridine rings is 1. The molecule has 26 heavy (non-hydrogen) atoms. The second-order valence-corrected chi connectivity index (χ2v) is 8.29. The van der Waals surface area contributed by atoms with Gasteiger partial charge in [0.2, 0.25) is 0 Å². The first-order chi connectivity index (χ1) is 12.6. The Morgan fingerprint density at radius 1 is 1.12 bits per heavy atom. The highest BCUT2D eigenvalue weighted by molar-refractivity contribution is 5.74. The summed E-state index contributed by atoms with van der Waals surface area (Å²) in [6.07, 6.45) is 9.51.